The molecule has 1 amide bonds. The third-order valence-corrected chi connectivity index (χ3v) is 4.22. The molecule has 3 aromatic rings. The van der Waals surface area contributed by atoms with Gasteiger partial charge in [-0.25, -0.2) is 4.98 Å². The van der Waals surface area contributed by atoms with Gasteiger partial charge in [0.25, 0.3) is 5.91 Å². The Balaban J connectivity index is 1.55. The molecule has 2 heterocycles. The molecule has 23 heavy (non-hydrogen) atoms. The van der Waals surface area contributed by atoms with Gasteiger partial charge in [-0.2, -0.15) is 5.26 Å². The molecule has 0 aliphatic heterocycles. The van der Waals surface area contributed by atoms with Crippen molar-refractivity contribution in [2.45, 2.75) is 6.42 Å². The van der Waals surface area contributed by atoms with Gasteiger partial charge in [-0.3, -0.25) is 4.79 Å². The van der Waals surface area contributed by atoms with Crippen LogP contribution in [0, 0.1) is 11.3 Å². The first kappa shape index (κ1) is 15.0. The van der Waals surface area contributed by atoms with Crippen LogP contribution in [0.5, 0.6) is 0 Å². The number of hydrogen-bond donors (Lipinski definition) is 2. The van der Waals surface area contributed by atoms with Gasteiger partial charge in [-0.15, -0.1) is 11.3 Å². The summed E-state index contributed by atoms with van der Waals surface area (Å²) in [5.74, 6) is 0.645. The molecule has 0 radical (unpaired) electrons. The number of benzene rings is 1. The van der Waals surface area contributed by atoms with Crippen molar-refractivity contribution in [2.24, 2.45) is 0 Å². The second-order valence-electron chi connectivity index (χ2n) is 4.92. The van der Waals surface area contributed by atoms with Gasteiger partial charge in [0.15, 0.2) is 0 Å². The Morgan fingerprint density at radius 1 is 1.35 bits per heavy atom. The van der Waals surface area contributed by atoms with Crippen LogP contribution < -0.4 is 5.32 Å². The summed E-state index contributed by atoms with van der Waals surface area (Å²) in [6.45, 7) is 0.479. The quantitative estimate of drug-likeness (QED) is 0.757. The number of H-pyrrole nitrogens is 1. The number of carbonyl (C=O) groups excluding carboxylic acids is 1. The van der Waals surface area contributed by atoms with Gasteiger partial charge in [-0.1, -0.05) is 12.1 Å². The maximum absolute atomic E-state index is 12.0. The zero-order valence-electron chi connectivity index (χ0n) is 12.2. The van der Waals surface area contributed by atoms with E-state index < -0.39 is 0 Å². The maximum Gasteiger partial charge on any atom is 0.251 e. The number of rotatable bonds is 5. The number of nitrogens with one attached hydrogen (secondary N) is 2. The lowest BCUT2D eigenvalue weighted by Crippen LogP contribution is -2.26. The third-order valence-electron chi connectivity index (χ3n) is 3.32. The summed E-state index contributed by atoms with van der Waals surface area (Å²) < 4.78 is 0. The molecule has 2 aromatic heterocycles. The van der Waals surface area contributed by atoms with Crippen molar-refractivity contribution in [3.63, 3.8) is 0 Å². The first-order chi connectivity index (χ1) is 11.3. The molecule has 0 unspecified atom stereocenters. The van der Waals surface area contributed by atoms with Crippen LogP contribution in [0.15, 0.2) is 48.0 Å². The summed E-state index contributed by atoms with van der Waals surface area (Å²) in [6, 6.07) is 12.7. The van der Waals surface area contributed by atoms with Crippen molar-refractivity contribution in [1.82, 2.24) is 15.3 Å². The van der Waals surface area contributed by atoms with Crippen molar-refractivity contribution in [3.8, 4) is 16.6 Å². The van der Waals surface area contributed by atoms with Gasteiger partial charge in [-0.05, 0) is 29.6 Å². The van der Waals surface area contributed by atoms with Crippen LogP contribution in [-0.2, 0) is 6.42 Å². The average Bonchev–Trinajstić information content (AvgIpc) is 3.26. The van der Waals surface area contributed by atoms with Crippen molar-refractivity contribution in [3.05, 3.63) is 64.9 Å². The molecular formula is C17H14N4OS. The number of amides is 1. The third kappa shape index (κ3) is 3.65. The van der Waals surface area contributed by atoms with E-state index in [0.717, 1.165) is 16.4 Å². The topological polar surface area (TPSA) is 81.6 Å². The number of nitriles is 1. The molecule has 0 atom stereocenters. The highest BCUT2D eigenvalue weighted by Crippen LogP contribution is 2.22. The van der Waals surface area contributed by atoms with E-state index >= 15 is 0 Å². The lowest BCUT2D eigenvalue weighted by Gasteiger charge is -2.04. The Kier molecular flexibility index (Phi) is 4.50. The number of imidazole rings is 1. The molecule has 0 saturated carbocycles. The fourth-order valence-electron chi connectivity index (χ4n) is 2.17. The number of thiophene rings is 1. The molecule has 2 N–H and O–H groups in total. The lowest BCUT2D eigenvalue weighted by atomic mass is 10.1. The SMILES string of the molecule is N#Cc1cccc(C(=O)NCCc2ncc(-c3cccs3)[nH]2)c1. The van der Waals surface area contributed by atoms with E-state index in [4.69, 9.17) is 5.26 Å². The van der Waals surface area contributed by atoms with Crippen LogP contribution in [0.4, 0.5) is 0 Å². The Labute approximate surface area is 137 Å². The van der Waals surface area contributed by atoms with Crippen LogP contribution in [0.3, 0.4) is 0 Å². The molecule has 0 saturated heterocycles. The van der Waals surface area contributed by atoms with Gasteiger partial charge >= 0.3 is 0 Å². The lowest BCUT2D eigenvalue weighted by molar-refractivity contribution is 0.0954. The van der Waals surface area contributed by atoms with E-state index in [1.807, 2.05) is 23.6 Å². The standard InChI is InChI=1S/C17H14N4OS/c18-10-12-3-1-4-13(9-12)17(22)19-7-6-16-20-11-14(21-16)15-5-2-8-23-15/h1-5,8-9,11H,6-7H2,(H,19,22)(H,20,21). The van der Waals surface area contributed by atoms with E-state index in [-0.39, 0.29) is 5.91 Å². The summed E-state index contributed by atoms with van der Waals surface area (Å²) in [5.41, 5.74) is 1.95. The summed E-state index contributed by atoms with van der Waals surface area (Å²) in [5, 5.41) is 13.7. The number of hydrogen-bond acceptors (Lipinski definition) is 4. The summed E-state index contributed by atoms with van der Waals surface area (Å²) in [7, 11) is 0. The molecule has 3 rings (SSSR count). The molecule has 114 valence electrons. The van der Waals surface area contributed by atoms with Crippen LogP contribution in [0.1, 0.15) is 21.7 Å². The molecule has 0 aliphatic rings. The van der Waals surface area contributed by atoms with Gasteiger partial charge in [0.05, 0.1) is 28.4 Å². The summed E-state index contributed by atoms with van der Waals surface area (Å²) in [4.78, 5) is 20.8. The fourth-order valence-corrected chi connectivity index (χ4v) is 2.86. The van der Waals surface area contributed by atoms with Crippen LogP contribution in [-0.4, -0.2) is 22.4 Å². The van der Waals surface area contributed by atoms with E-state index in [2.05, 4.69) is 15.3 Å². The van der Waals surface area contributed by atoms with Gasteiger partial charge in [0.1, 0.15) is 5.82 Å². The first-order valence-corrected chi connectivity index (χ1v) is 8.00. The van der Waals surface area contributed by atoms with Gasteiger partial charge < -0.3 is 10.3 Å². The highest BCUT2D eigenvalue weighted by Gasteiger charge is 2.07. The number of nitrogens with zero attached hydrogens (tertiary/aromatic N) is 2. The second-order valence-corrected chi connectivity index (χ2v) is 5.87. The minimum absolute atomic E-state index is 0.188. The highest BCUT2D eigenvalue weighted by atomic mass is 32.1. The normalized spacial score (nSPS) is 10.2. The number of aromatic amines is 1. The molecule has 0 spiro atoms. The van der Waals surface area contributed by atoms with E-state index in [1.54, 1.807) is 41.8 Å². The van der Waals surface area contributed by atoms with Gasteiger partial charge in [0.2, 0.25) is 0 Å². The molecule has 6 heteroatoms. The van der Waals surface area contributed by atoms with Crippen molar-refractivity contribution in [2.75, 3.05) is 6.54 Å². The van der Waals surface area contributed by atoms with Crippen molar-refractivity contribution < 1.29 is 4.79 Å². The molecule has 5 nitrogen and oxygen atoms in total. The summed E-state index contributed by atoms with van der Waals surface area (Å²) in [6.07, 6.45) is 2.43. The smallest absolute Gasteiger partial charge is 0.251 e. The first-order valence-electron chi connectivity index (χ1n) is 7.12. The van der Waals surface area contributed by atoms with E-state index in [0.29, 0.717) is 24.1 Å². The molecule has 1 aromatic carbocycles. The number of aromatic nitrogens is 2. The zero-order chi connectivity index (χ0) is 16.1. The van der Waals surface area contributed by atoms with Gasteiger partial charge in [0, 0.05) is 18.5 Å². The van der Waals surface area contributed by atoms with E-state index in [9.17, 15) is 4.79 Å². The van der Waals surface area contributed by atoms with Crippen LogP contribution in [0.25, 0.3) is 10.6 Å². The van der Waals surface area contributed by atoms with Crippen LogP contribution >= 0.6 is 11.3 Å². The Bertz CT molecular complexity index is 846. The van der Waals surface area contributed by atoms with Crippen LogP contribution in [0.2, 0.25) is 0 Å². The Hall–Kier alpha value is -2.91. The molecule has 0 aliphatic carbocycles. The highest BCUT2D eigenvalue weighted by molar-refractivity contribution is 7.13. The summed E-state index contributed by atoms with van der Waals surface area (Å²) >= 11 is 1.65. The van der Waals surface area contributed by atoms with Crippen molar-refractivity contribution in [1.29, 1.82) is 5.26 Å². The minimum atomic E-state index is -0.188. The van der Waals surface area contributed by atoms with Crippen molar-refractivity contribution >= 4 is 17.2 Å². The Morgan fingerprint density at radius 3 is 3.04 bits per heavy atom. The predicted octanol–water partition coefficient (Wildman–Crippen LogP) is 2.98. The monoisotopic (exact) mass is 322 g/mol. The predicted molar refractivity (Wildman–Crippen MR) is 89.1 cm³/mol. The molecule has 0 bridgehead atoms. The molecule has 0 fully saturated rings. The number of carbonyl (C=O) groups is 1. The van der Waals surface area contributed by atoms with E-state index in [1.165, 1.54) is 0 Å². The fraction of sp³-hybridized carbons (Fsp3) is 0.118. The minimum Gasteiger partial charge on any atom is -0.352 e. The largest absolute Gasteiger partial charge is 0.352 e. The average molecular weight is 322 g/mol. The second kappa shape index (κ2) is 6.90. The zero-order valence-corrected chi connectivity index (χ0v) is 13.1. The Morgan fingerprint density at radius 2 is 2.26 bits per heavy atom. The maximum atomic E-state index is 12.0. The molecular weight excluding hydrogens is 308 g/mol.